The molecule has 2 atom stereocenters. The molecule has 2 unspecified atom stereocenters. The molecule has 1 saturated heterocycles. The molecule has 0 bridgehead atoms. The average molecular weight is 169 g/mol. The van der Waals surface area contributed by atoms with E-state index in [9.17, 15) is 4.79 Å². The van der Waals surface area contributed by atoms with Gasteiger partial charge in [-0.25, -0.2) is 0 Å². The zero-order chi connectivity index (χ0) is 9.35. The van der Waals surface area contributed by atoms with E-state index in [4.69, 9.17) is 0 Å². The lowest BCUT2D eigenvalue weighted by Crippen LogP contribution is -2.28. The Hall–Kier alpha value is -0.370. The van der Waals surface area contributed by atoms with Crippen molar-refractivity contribution >= 4 is 5.78 Å². The first kappa shape index (κ1) is 9.72. The molecule has 1 aliphatic heterocycles. The minimum absolute atomic E-state index is 0.120. The molecular formula is C10H19NO. The standard InChI is InChI=1S/C10H19NO/c1-7(12)9-5-8(6-11-9)10(2,3)4/h8-9,11H,5-6H2,1-4H3. The highest BCUT2D eigenvalue weighted by molar-refractivity contribution is 5.81. The number of hydrogen-bond acceptors (Lipinski definition) is 2. The van der Waals surface area contributed by atoms with Gasteiger partial charge in [0.25, 0.3) is 0 Å². The highest BCUT2D eigenvalue weighted by Gasteiger charge is 2.34. The van der Waals surface area contributed by atoms with Crippen LogP contribution in [-0.2, 0) is 4.79 Å². The largest absolute Gasteiger partial charge is 0.307 e. The molecule has 0 aromatic carbocycles. The maximum atomic E-state index is 11.1. The molecule has 2 nitrogen and oxygen atoms in total. The van der Waals surface area contributed by atoms with Crippen LogP contribution in [0.25, 0.3) is 0 Å². The summed E-state index contributed by atoms with van der Waals surface area (Å²) in [5.41, 5.74) is 0.331. The van der Waals surface area contributed by atoms with Crippen LogP contribution in [0, 0.1) is 11.3 Å². The van der Waals surface area contributed by atoms with Gasteiger partial charge >= 0.3 is 0 Å². The van der Waals surface area contributed by atoms with Crippen LogP contribution in [0.5, 0.6) is 0 Å². The molecule has 0 aromatic rings. The second kappa shape index (κ2) is 3.17. The van der Waals surface area contributed by atoms with Gasteiger partial charge in [0.05, 0.1) is 6.04 Å². The summed E-state index contributed by atoms with van der Waals surface area (Å²) in [5, 5.41) is 3.26. The molecule has 0 aliphatic carbocycles. The number of carbonyl (C=O) groups excluding carboxylic acids is 1. The Morgan fingerprint density at radius 1 is 1.42 bits per heavy atom. The molecule has 70 valence electrons. The van der Waals surface area contributed by atoms with Crippen LogP contribution in [0.15, 0.2) is 0 Å². The summed E-state index contributed by atoms with van der Waals surface area (Å²) in [6.07, 6.45) is 1.01. The third-order valence-electron chi connectivity index (χ3n) is 2.85. The van der Waals surface area contributed by atoms with E-state index < -0.39 is 0 Å². The van der Waals surface area contributed by atoms with Crippen molar-refractivity contribution in [2.45, 2.75) is 40.2 Å². The maximum absolute atomic E-state index is 11.1. The molecule has 0 radical (unpaired) electrons. The normalized spacial score (nSPS) is 30.7. The first-order valence-electron chi connectivity index (χ1n) is 4.65. The van der Waals surface area contributed by atoms with Crippen LogP contribution in [0.2, 0.25) is 0 Å². The smallest absolute Gasteiger partial charge is 0.146 e. The fraction of sp³-hybridized carbons (Fsp3) is 0.900. The summed E-state index contributed by atoms with van der Waals surface area (Å²) in [5.74, 6) is 0.924. The minimum atomic E-state index is 0.120. The van der Waals surface area contributed by atoms with Crippen molar-refractivity contribution in [2.24, 2.45) is 11.3 Å². The van der Waals surface area contributed by atoms with Gasteiger partial charge in [0.1, 0.15) is 5.78 Å². The first-order chi connectivity index (χ1) is 5.41. The van der Waals surface area contributed by atoms with Crippen LogP contribution in [-0.4, -0.2) is 18.4 Å². The first-order valence-corrected chi connectivity index (χ1v) is 4.65. The molecule has 0 aromatic heterocycles. The zero-order valence-electron chi connectivity index (χ0n) is 8.48. The molecule has 1 aliphatic rings. The molecular weight excluding hydrogens is 150 g/mol. The molecule has 1 fully saturated rings. The number of Topliss-reactive ketones (excluding diaryl/α,β-unsaturated/α-hetero) is 1. The average Bonchev–Trinajstić information content (AvgIpc) is 2.30. The van der Waals surface area contributed by atoms with Gasteiger partial charge in [-0.05, 0) is 31.2 Å². The van der Waals surface area contributed by atoms with Crippen LogP contribution in [0.1, 0.15) is 34.1 Å². The molecule has 2 heteroatoms. The molecule has 0 amide bonds. The molecule has 12 heavy (non-hydrogen) atoms. The van der Waals surface area contributed by atoms with Gasteiger partial charge in [-0.15, -0.1) is 0 Å². The second-order valence-corrected chi connectivity index (χ2v) is 4.87. The number of ketones is 1. The van der Waals surface area contributed by atoms with Crippen molar-refractivity contribution in [3.8, 4) is 0 Å². The summed E-state index contributed by atoms with van der Waals surface area (Å²) < 4.78 is 0. The Balaban J connectivity index is 2.51. The molecule has 1 heterocycles. The van der Waals surface area contributed by atoms with E-state index in [1.807, 2.05) is 0 Å². The van der Waals surface area contributed by atoms with E-state index in [0.717, 1.165) is 13.0 Å². The molecule has 1 rings (SSSR count). The molecule has 1 N–H and O–H groups in total. The predicted octanol–water partition coefficient (Wildman–Crippen LogP) is 1.60. The predicted molar refractivity (Wildman–Crippen MR) is 50.0 cm³/mol. The third kappa shape index (κ3) is 2.07. The molecule has 0 saturated carbocycles. The number of carbonyl (C=O) groups is 1. The SMILES string of the molecule is CC(=O)C1CC(C(C)(C)C)CN1. The van der Waals surface area contributed by atoms with Crippen LogP contribution in [0.3, 0.4) is 0 Å². The number of nitrogens with one attached hydrogen (secondary N) is 1. The molecule has 0 spiro atoms. The number of rotatable bonds is 1. The van der Waals surface area contributed by atoms with Crippen LogP contribution < -0.4 is 5.32 Å². The van der Waals surface area contributed by atoms with Gasteiger partial charge < -0.3 is 5.32 Å². The van der Waals surface area contributed by atoms with Gasteiger partial charge in [-0.1, -0.05) is 20.8 Å². The monoisotopic (exact) mass is 169 g/mol. The van der Waals surface area contributed by atoms with E-state index in [1.165, 1.54) is 0 Å². The maximum Gasteiger partial charge on any atom is 0.146 e. The van der Waals surface area contributed by atoms with Crippen molar-refractivity contribution in [1.29, 1.82) is 0 Å². The van der Waals surface area contributed by atoms with E-state index in [1.54, 1.807) is 6.92 Å². The van der Waals surface area contributed by atoms with Gasteiger partial charge in [-0.2, -0.15) is 0 Å². The van der Waals surface area contributed by atoms with Gasteiger partial charge in [0, 0.05) is 0 Å². The van der Waals surface area contributed by atoms with E-state index in [2.05, 4.69) is 26.1 Å². The lowest BCUT2D eigenvalue weighted by molar-refractivity contribution is -0.118. The summed E-state index contributed by atoms with van der Waals surface area (Å²) in [4.78, 5) is 11.1. The highest BCUT2D eigenvalue weighted by Crippen LogP contribution is 2.32. The Bertz CT molecular complexity index is 181. The second-order valence-electron chi connectivity index (χ2n) is 4.87. The van der Waals surface area contributed by atoms with Gasteiger partial charge in [0.2, 0.25) is 0 Å². The fourth-order valence-electron chi connectivity index (χ4n) is 1.71. The topological polar surface area (TPSA) is 29.1 Å². The van der Waals surface area contributed by atoms with E-state index >= 15 is 0 Å². The van der Waals surface area contributed by atoms with Crippen LogP contribution in [0.4, 0.5) is 0 Å². The zero-order valence-corrected chi connectivity index (χ0v) is 8.48. The highest BCUT2D eigenvalue weighted by atomic mass is 16.1. The van der Waals surface area contributed by atoms with E-state index in [0.29, 0.717) is 11.3 Å². The fourth-order valence-corrected chi connectivity index (χ4v) is 1.71. The van der Waals surface area contributed by atoms with Gasteiger partial charge in [0.15, 0.2) is 0 Å². The Labute approximate surface area is 74.7 Å². The lowest BCUT2D eigenvalue weighted by Gasteiger charge is -2.25. The third-order valence-corrected chi connectivity index (χ3v) is 2.85. The summed E-state index contributed by atoms with van der Waals surface area (Å²) in [6, 6.07) is 0.120. The Kier molecular flexibility index (Phi) is 2.57. The van der Waals surface area contributed by atoms with Crippen molar-refractivity contribution in [1.82, 2.24) is 5.32 Å². The van der Waals surface area contributed by atoms with Crippen molar-refractivity contribution in [3.05, 3.63) is 0 Å². The minimum Gasteiger partial charge on any atom is -0.307 e. The summed E-state index contributed by atoms with van der Waals surface area (Å²) in [6.45, 7) is 9.38. The summed E-state index contributed by atoms with van der Waals surface area (Å²) >= 11 is 0. The quantitative estimate of drug-likeness (QED) is 0.646. The van der Waals surface area contributed by atoms with Crippen molar-refractivity contribution in [3.63, 3.8) is 0 Å². The van der Waals surface area contributed by atoms with Crippen molar-refractivity contribution < 1.29 is 4.79 Å². The van der Waals surface area contributed by atoms with Gasteiger partial charge in [-0.3, -0.25) is 4.79 Å². The Morgan fingerprint density at radius 3 is 2.25 bits per heavy atom. The van der Waals surface area contributed by atoms with E-state index in [-0.39, 0.29) is 11.8 Å². The Morgan fingerprint density at radius 2 is 2.00 bits per heavy atom. The number of hydrogen-bond donors (Lipinski definition) is 1. The summed E-state index contributed by atoms with van der Waals surface area (Å²) in [7, 11) is 0. The van der Waals surface area contributed by atoms with Crippen molar-refractivity contribution in [2.75, 3.05) is 6.54 Å². The van der Waals surface area contributed by atoms with Crippen LogP contribution >= 0.6 is 0 Å². The lowest BCUT2D eigenvalue weighted by atomic mass is 9.79.